The Morgan fingerprint density at radius 1 is 0.0875 bits per heavy atom. The molecule has 0 N–H and O–H groups in total. The third kappa shape index (κ3) is 23.4. The summed E-state index contributed by atoms with van der Waals surface area (Å²) in [4.78, 5) is 19.6. The van der Waals surface area contributed by atoms with Crippen molar-refractivity contribution in [3.8, 4) is 0 Å². The maximum Gasteiger partial charge on any atom is 0.0117 e. The van der Waals surface area contributed by atoms with E-state index in [1.807, 2.05) is 0 Å². The second-order valence-corrected chi connectivity index (χ2v) is 31.5. The molecule has 0 unspecified atom stereocenters. The number of benzene rings is 8. The van der Waals surface area contributed by atoms with Gasteiger partial charge in [0, 0.05) is 78.3 Å². The lowest BCUT2D eigenvalue weighted by Crippen LogP contribution is -1.72. The van der Waals surface area contributed by atoms with E-state index in [1.54, 1.807) is 188 Å². The Morgan fingerprint density at radius 2 is 0.138 bits per heavy atom. The van der Waals surface area contributed by atoms with E-state index >= 15 is 0 Å². The van der Waals surface area contributed by atoms with Gasteiger partial charge in [-0.05, 0) is 281 Å². The molecule has 0 aliphatic carbocycles. The molecule has 21 rings (SSSR count). The van der Waals surface area contributed by atoms with E-state index in [1.165, 1.54) is 78.3 Å². The standard InChI is InChI=1S/C64H48S16/c1-2-50-4-3-49(1)65-33-34-67-51-5-7-53(8-6-51)69-37-38-71-55-13-15-57(16-14-55)73-41-42-75-59-21-23-61(24-22-59)77-45-46-79-63-29-31-64(32-30-63)80-48-47-78-62-27-25-60(26-28-62)76-44-43-74-58-19-17-56(18-20-58)72-40-39-70-54-11-9-52(10-12-54)68-36-35-66-50/h1-48H. The van der Waals surface area contributed by atoms with Gasteiger partial charge < -0.3 is 0 Å². The molecule has 80 heavy (non-hydrogen) atoms. The van der Waals surface area contributed by atoms with Gasteiger partial charge in [0.2, 0.25) is 0 Å². The fraction of sp³-hybridized carbons (Fsp3) is 0. The van der Waals surface area contributed by atoms with Gasteiger partial charge in [-0.25, -0.2) is 0 Å². The fourth-order valence-electron chi connectivity index (χ4n) is 6.48. The monoisotopic (exact) mass is 1330 g/mol. The largest absolute Gasteiger partial charge is 0.0975 e. The Labute approximate surface area is 540 Å². The van der Waals surface area contributed by atoms with Gasteiger partial charge in [0.15, 0.2) is 0 Å². The summed E-state index contributed by atoms with van der Waals surface area (Å²) < 4.78 is 0. The van der Waals surface area contributed by atoms with Crippen molar-refractivity contribution in [1.82, 2.24) is 0 Å². The van der Waals surface area contributed by atoms with Crippen molar-refractivity contribution in [3.63, 3.8) is 0 Å². The topological polar surface area (TPSA) is 0 Å². The number of rotatable bonds is 0. The van der Waals surface area contributed by atoms with Gasteiger partial charge >= 0.3 is 0 Å². The van der Waals surface area contributed by atoms with Gasteiger partial charge in [-0.3, -0.25) is 0 Å². The molecule has 0 radical (unpaired) electrons. The van der Waals surface area contributed by atoms with Crippen LogP contribution < -0.4 is 0 Å². The van der Waals surface area contributed by atoms with Crippen LogP contribution in [0.15, 0.2) is 359 Å². The minimum absolute atomic E-state index is 1.22. The van der Waals surface area contributed by atoms with Crippen molar-refractivity contribution >= 4 is 188 Å². The lowest BCUT2D eigenvalue weighted by Gasteiger charge is -2.02. The third-order valence-electron chi connectivity index (χ3n) is 10.3. The molecule has 0 saturated heterocycles. The van der Waals surface area contributed by atoms with Crippen LogP contribution in [0.1, 0.15) is 0 Å². The summed E-state index contributed by atoms with van der Waals surface area (Å²) in [5.74, 6) is 0. The predicted molar refractivity (Wildman–Crippen MR) is 378 cm³/mol. The first kappa shape index (κ1) is 61.8. The molecule has 13 aliphatic heterocycles. The van der Waals surface area contributed by atoms with Crippen LogP contribution in [0.3, 0.4) is 0 Å². The molecule has 0 spiro atoms. The van der Waals surface area contributed by atoms with Crippen LogP contribution in [0.2, 0.25) is 0 Å². The van der Waals surface area contributed by atoms with Gasteiger partial charge in [-0.1, -0.05) is 188 Å². The molecular formula is C64H48S16. The van der Waals surface area contributed by atoms with E-state index in [0.717, 1.165) is 0 Å². The van der Waals surface area contributed by atoms with E-state index in [4.69, 9.17) is 0 Å². The van der Waals surface area contributed by atoms with Crippen LogP contribution >= 0.6 is 188 Å². The Balaban J connectivity index is 0.744. The van der Waals surface area contributed by atoms with Crippen molar-refractivity contribution in [3.05, 3.63) is 281 Å². The van der Waals surface area contributed by atoms with Crippen LogP contribution in [-0.4, -0.2) is 0 Å². The molecule has 13 heterocycles. The number of hydrogen-bond donors (Lipinski definition) is 0. The summed E-state index contributed by atoms with van der Waals surface area (Å²) in [7, 11) is 0. The first-order valence-electron chi connectivity index (χ1n) is 24.3. The molecule has 16 heteroatoms. The summed E-state index contributed by atoms with van der Waals surface area (Å²) in [5.41, 5.74) is 0. The molecular weight excluding hydrogens is 1280 g/mol. The summed E-state index contributed by atoms with van der Waals surface area (Å²) in [6, 6.07) is 70.1. The summed E-state index contributed by atoms with van der Waals surface area (Å²) in [6.45, 7) is 0. The summed E-state index contributed by atoms with van der Waals surface area (Å²) >= 11 is 27.8. The molecule has 0 amide bonds. The van der Waals surface area contributed by atoms with Crippen molar-refractivity contribution in [2.24, 2.45) is 0 Å². The normalized spacial score (nSPS) is 14.8. The zero-order chi connectivity index (χ0) is 54.5. The second-order valence-electron chi connectivity index (χ2n) is 15.8. The van der Waals surface area contributed by atoms with E-state index in [2.05, 4.69) is 281 Å². The minimum atomic E-state index is 1.22. The maximum atomic E-state index is 2.19. The third-order valence-corrected chi connectivity index (χ3v) is 24.7. The highest BCUT2D eigenvalue weighted by Crippen LogP contribution is 2.36. The molecule has 13 aliphatic rings. The van der Waals surface area contributed by atoms with E-state index in [-0.39, 0.29) is 0 Å². The number of thioether (sulfide) groups is 16. The first-order valence-corrected chi connectivity index (χ1v) is 38.3. The zero-order valence-electron chi connectivity index (χ0n) is 42.2. The lowest BCUT2D eigenvalue weighted by molar-refractivity contribution is 1.36. The molecule has 8 aromatic carbocycles. The summed E-state index contributed by atoms with van der Waals surface area (Å²) in [5, 5.41) is 34.6. The molecule has 0 aromatic heterocycles. The predicted octanol–water partition coefficient (Wildman–Crippen LogP) is 26.8. The summed E-state index contributed by atoms with van der Waals surface area (Å²) in [6.07, 6.45) is 0. The molecule has 0 saturated carbocycles. The first-order chi connectivity index (χ1) is 39.6. The second kappa shape index (κ2) is 36.2. The molecule has 0 nitrogen and oxygen atoms in total. The average molecular weight is 1330 g/mol. The van der Waals surface area contributed by atoms with E-state index in [9.17, 15) is 0 Å². The van der Waals surface area contributed by atoms with Gasteiger partial charge in [0.1, 0.15) is 0 Å². The highest BCUT2D eigenvalue weighted by atomic mass is 32.2. The van der Waals surface area contributed by atoms with Gasteiger partial charge in [0.05, 0.1) is 0 Å². The Hall–Kier alpha value is -2.72. The molecule has 0 atom stereocenters. The maximum absolute atomic E-state index is 2.19. The van der Waals surface area contributed by atoms with E-state index < -0.39 is 0 Å². The van der Waals surface area contributed by atoms with Crippen LogP contribution in [0, 0.1) is 0 Å². The SMILES string of the molecule is C1=CSc2ccc(cc2)SC=CSc2ccc(cc2)SC=CSc2ccc(cc2)SC=CSc2ccc(cc2)SC=CSc2ccc(cc2)SC=CSc2ccc(cc2)SC=CSc2ccc(cc2)SC=CSc2ccc(cc2)S1. The van der Waals surface area contributed by atoms with Crippen LogP contribution in [0.4, 0.5) is 0 Å². The van der Waals surface area contributed by atoms with Crippen molar-refractivity contribution in [1.29, 1.82) is 0 Å². The van der Waals surface area contributed by atoms with Crippen molar-refractivity contribution in [2.75, 3.05) is 0 Å². The highest BCUT2D eigenvalue weighted by molar-refractivity contribution is 8.08. The molecule has 0 fully saturated rings. The Morgan fingerprint density at radius 3 is 0.188 bits per heavy atom. The minimum Gasteiger partial charge on any atom is -0.0975 e. The quantitative estimate of drug-likeness (QED) is 0.141. The van der Waals surface area contributed by atoms with Crippen molar-refractivity contribution < 1.29 is 0 Å². The molecule has 8 aromatic rings. The zero-order valence-corrected chi connectivity index (χ0v) is 55.3. The highest BCUT2D eigenvalue weighted by Gasteiger charge is 2.02. The smallest absolute Gasteiger partial charge is 0.0117 e. The van der Waals surface area contributed by atoms with Crippen LogP contribution in [0.25, 0.3) is 0 Å². The van der Waals surface area contributed by atoms with E-state index in [0.29, 0.717) is 0 Å². The van der Waals surface area contributed by atoms with Gasteiger partial charge in [-0.2, -0.15) is 0 Å². The van der Waals surface area contributed by atoms with Gasteiger partial charge in [-0.15, -0.1) is 0 Å². The Kier molecular flexibility index (Phi) is 28.0. The van der Waals surface area contributed by atoms with Crippen molar-refractivity contribution in [2.45, 2.75) is 78.3 Å². The molecule has 400 valence electrons. The average Bonchev–Trinajstić information content (AvgIpc) is 3.50. The van der Waals surface area contributed by atoms with Gasteiger partial charge in [0.25, 0.3) is 0 Å². The Bertz CT molecular complexity index is 2460. The molecule has 16 bridgehead atoms. The van der Waals surface area contributed by atoms with Crippen LogP contribution in [0.5, 0.6) is 0 Å². The number of hydrogen-bond acceptors (Lipinski definition) is 16. The fourth-order valence-corrected chi connectivity index (χ4v) is 17.2. The van der Waals surface area contributed by atoms with Crippen LogP contribution in [-0.2, 0) is 0 Å². The lowest BCUT2D eigenvalue weighted by atomic mass is 10.4.